The van der Waals surface area contributed by atoms with E-state index in [1.165, 1.54) is 0 Å². The molecular weight excluding hydrogens is 190 g/mol. The van der Waals surface area contributed by atoms with E-state index in [0.717, 1.165) is 19.3 Å². The highest BCUT2D eigenvalue weighted by Gasteiger charge is 2.45. The van der Waals surface area contributed by atoms with Gasteiger partial charge in [-0.3, -0.25) is 4.79 Å². The van der Waals surface area contributed by atoms with Gasteiger partial charge in [-0.15, -0.1) is 0 Å². The minimum Gasteiger partial charge on any atom is -0.465 e. The first kappa shape index (κ1) is 12.5. The summed E-state index contributed by atoms with van der Waals surface area (Å²) < 4.78 is 5.04. The summed E-state index contributed by atoms with van der Waals surface area (Å²) in [6.45, 7) is 8.87. The van der Waals surface area contributed by atoms with Crippen molar-refractivity contribution in [1.82, 2.24) is 0 Å². The summed E-state index contributed by atoms with van der Waals surface area (Å²) in [7, 11) is 0. The van der Waals surface area contributed by atoms with E-state index in [4.69, 9.17) is 10.5 Å². The van der Waals surface area contributed by atoms with Gasteiger partial charge in [0.15, 0.2) is 0 Å². The average molecular weight is 213 g/mol. The van der Waals surface area contributed by atoms with Crippen LogP contribution in [0.1, 0.15) is 47.0 Å². The fraction of sp³-hybridized carbons (Fsp3) is 0.917. The van der Waals surface area contributed by atoms with Gasteiger partial charge in [-0.25, -0.2) is 0 Å². The molecule has 88 valence electrons. The predicted molar refractivity (Wildman–Crippen MR) is 60.3 cm³/mol. The van der Waals surface area contributed by atoms with Gasteiger partial charge in [-0.05, 0) is 37.5 Å². The van der Waals surface area contributed by atoms with Crippen molar-refractivity contribution in [3.05, 3.63) is 0 Å². The lowest BCUT2D eigenvalue weighted by molar-refractivity contribution is -0.153. The molecule has 1 fully saturated rings. The summed E-state index contributed by atoms with van der Waals surface area (Å²) in [6, 6.07) is 0. The van der Waals surface area contributed by atoms with E-state index in [-0.39, 0.29) is 11.4 Å². The first-order chi connectivity index (χ1) is 6.82. The number of hydrogen-bond donors (Lipinski definition) is 1. The van der Waals surface area contributed by atoms with Gasteiger partial charge < -0.3 is 10.5 Å². The Hall–Kier alpha value is -0.570. The Bertz CT molecular complexity index is 250. The third kappa shape index (κ3) is 2.51. The molecule has 0 aromatic rings. The van der Waals surface area contributed by atoms with E-state index in [0.29, 0.717) is 12.5 Å². The van der Waals surface area contributed by atoms with Crippen LogP contribution in [0.3, 0.4) is 0 Å². The van der Waals surface area contributed by atoms with Crippen molar-refractivity contribution < 1.29 is 9.53 Å². The lowest BCUT2D eigenvalue weighted by atomic mass is 9.63. The van der Waals surface area contributed by atoms with Crippen molar-refractivity contribution >= 4 is 5.97 Å². The summed E-state index contributed by atoms with van der Waals surface area (Å²) in [5.74, 6) is 0.230. The van der Waals surface area contributed by atoms with Crippen LogP contribution in [0.4, 0.5) is 0 Å². The van der Waals surface area contributed by atoms with Crippen LogP contribution in [0.25, 0.3) is 0 Å². The Balaban J connectivity index is 2.70. The SMILES string of the molecule is CCOC(=O)C1(N)CCC(C)(C)C(C)C1. The summed E-state index contributed by atoms with van der Waals surface area (Å²) in [4.78, 5) is 11.7. The first-order valence-corrected chi connectivity index (χ1v) is 5.78. The Morgan fingerprint density at radius 3 is 2.53 bits per heavy atom. The summed E-state index contributed by atoms with van der Waals surface area (Å²) in [5.41, 5.74) is 5.67. The molecule has 15 heavy (non-hydrogen) atoms. The number of hydrogen-bond acceptors (Lipinski definition) is 3. The van der Waals surface area contributed by atoms with Crippen LogP contribution in [-0.2, 0) is 9.53 Å². The number of carbonyl (C=O) groups is 1. The molecule has 2 atom stereocenters. The van der Waals surface area contributed by atoms with Gasteiger partial charge in [0.25, 0.3) is 0 Å². The molecule has 0 aromatic heterocycles. The molecule has 3 heteroatoms. The van der Waals surface area contributed by atoms with E-state index >= 15 is 0 Å². The van der Waals surface area contributed by atoms with Gasteiger partial charge in [0, 0.05) is 0 Å². The zero-order valence-corrected chi connectivity index (χ0v) is 10.3. The van der Waals surface area contributed by atoms with Gasteiger partial charge in [-0.1, -0.05) is 20.8 Å². The second-order valence-corrected chi connectivity index (χ2v) is 5.47. The highest BCUT2D eigenvalue weighted by molar-refractivity contribution is 5.80. The highest BCUT2D eigenvalue weighted by atomic mass is 16.5. The van der Waals surface area contributed by atoms with E-state index in [1.807, 2.05) is 6.92 Å². The fourth-order valence-electron chi connectivity index (χ4n) is 2.18. The van der Waals surface area contributed by atoms with Crippen LogP contribution in [0.5, 0.6) is 0 Å². The molecule has 0 saturated heterocycles. The van der Waals surface area contributed by atoms with Crippen molar-refractivity contribution in [3.63, 3.8) is 0 Å². The Labute approximate surface area is 92.4 Å². The van der Waals surface area contributed by atoms with Crippen LogP contribution in [0.2, 0.25) is 0 Å². The van der Waals surface area contributed by atoms with Gasteiger partial charge in [0.2, 0.25) is 0 Å². The van der Waals surface area contributed by atoms with Crippen molar-refractivity contribution in [2.75, 3.05) is 6.61 Å². The maximum absolute atomic E-state index is 11.7. The lowest BCUT2D eigenvalue weighted by Crippen LogP contribution is -2.55. The molecule has 0 aliphatic heterocycles. The molecule has 3 nitrogen and oxygen atoms in total. The van der Waals surface area contributed by atoms with Crippen LogP contribution < -0.4 is 5.73 Å². The van der Waals surface area contributed by atoms with Crippen LogP contribution in [0.15, 0.2) is 0 Å². The average Bonchev–Trinajstić information content (AvgIpc) is 2.13. The third-order valence-electron chi connectivity index (χ3n) is 3.90. The molecule has 0 radical (unpaired) electrons. The molecule has 1 saturated carbocycles. The van der Waals surface area contributed by atoms with Gasteiger partial charge in [0.05, 0.1) is 6.61 Å². The predicted octanol–water partition coefficient (Wildman–Crippen LogP) is 2.09. The van der Waals surface area contributed by atoms with Crippen LogP contribution >= 0.6 is 0 Å². The van der Waals surface area contributed by atoms with Gasteiger partial charge >= 0.3 is 5.97 Å². The number of esters is 1. The zero-order chi connectivity index (χ0) is 11.7. The van der Waals surface area contributed by atoms with E-state index in [9.17, 15) is 4.79 Å². The first-order valence-electron chi connectivity index (χ1n) is 5.78. The molecule has 0 spiro atoms. The Kier molecular flexibility index (Phi) is 3.44. The molecule has 2 N–H and O–H groups in total. The molecule has 0 amide bonds. The largest absolute Gasteiger partial charge is 0.465 e. The maximum Gasteiger partial charge on any atom is 0.326 e. The Morgan fingerprint density at radius 2 is 2.07 bits per heavy atom. The highest BCUT2D eigenvalue weighted by Crippen LogP contribution is 2.43. The standard InChI is InChI=1S/C12H23NO2/c1-5-15-10(14)12(13)7-6-11(3,4)9(2)8-12/h9H,5-8,13H2,1-4H3. The minimum atomic E-state index is -0.745. The molecule has 1 aliphatic carbocycles. The number of rotatable bonds is 2. The molecule has 0 bridgehead atoms. The third-order valence-corrected chi connectivity index (χ3v) is 3.90. The maximum atomic E-state index is 11.7. The van der Waals surface area contributed by atoms with Crippen molar-refractivity contribution in [1.29, 1.82) is 0 Å². The fourth-order valence-corrected chi connectivity index (χ4v) is 2.18. The molecule has 1 rings (SSSR count). The molecule has 1 aliphatic rings. The molecular formula is C12H23NO2. The van der Waals surface area contributed by atoms with Crippen molar-refractivity contribution in [3.8, 4) is 0 Å². The van der Waals surface area contributed by atoms with E-state index in [1.54, 1.807) is 0 Å². The van der Waals surface area contributed by atoms with Gasteiger partial charge in [0.1, 0.15) is 5.54 Å². The molecule has 0 heterocycles. The zero-order valence-electron chi connectivity index (χ0n) is 10.3. The minimum absolute atomic E-state index is 0.229. The number of nitrogens with two attached hydrogens (primary N) is 1. The second kappa shape index (κ2) is 4.12. The second-order valence-electron chi connectivity index (χ2n) is 5.47. The molecule has 2 unspecified atom stereocenters. The normalized spacial score (nSPS) is 34.9. The lowest BCUT2D eigenvalue weighted by Gasteiger charge is -2.44. The number of ether oxygens (including phenoxy) is 1. The molecule has 0 aromatic carbocycles. The summed E-state index contributed by atoms with van der Waals surface area (Å²) in [5, 5.41) is 0. The van der Waals surface area contributed by atoms with Crippen molar-refractivity contribution in [2.24, 2.45) is 17.1 Å². The van der Waals surface area contributed by atoms with Crippen LogP contribution in [-0.4, -0.2) is 18.1 Å². The smallest absolute Gasteiger partial charge is 0.326 e. The summed E-state index contributed by atoms with van der Waals surface area (Å²) >= 11 is 0. The van der Waals surface area contributed by atoms with E-state index in [2.05, 4.69) is 20.8 Å². The van der Waals surface area contributed by atoms with Gasteiger partial charge in [-0.2, -0.15) is 0 Å². The van der Waals surface area contributed by atoms with Crippen molar-refractivity contribution in [2.45, 2.75) is 52.5 Å². The quantitative estimate of drug-likeness (QED) is 0.715. The Morgan fingerprint density at radius 1 is 1.47 bits per heavy atom. The van der Waals surface area contributed by atoms with Crippen LogP contribution in [0, 0.1) is 11.3 Å². The van der Waals surface area contributed by atoms with E-state index < -0.39 is 5.54 Å². The topological polar surface area (TPSA) is 52.3 Å². The monoisotopic (exact) mass is 213 g/mol. The number of carbonyl (C=O) groups excluding carboxylic acids is 1. The summed E-state index contributed by atoms with van der Waals surface area (Å²) in [6.07, 6.45) is 2.46.